The summed E-state index contributed by atoms with van der Waals surface area (Å²) < 4.78 is 5.53. The molecule has 0 aromatic heterocycles. The lowest BCUT2D eigenvalue weighted by molar-refractivity contribution is 0.00424. The van der Waals surface area contributed by atoms with Crippen LogP contribution in [0.25, 0.3) is 0 Å². The van der Waals surface area contributed by atoms with Crippen LogP contribution in [0.4, 0.5) is 4.79 Å². The van der Waals surface area contributed by atoms with E-state index in [0.29, 0.717) is 24.1 Å². The van der Waals surface area contributed by atoms with Gasteiger partial charge in [-0.25, -0.2) is 4.79 Å². The maximum atomic E-state index is 10.4. The number of alkyl halides is 1. The highest BCUT2D eigenvalue weighted by atomic mass is 79.9. The highest BCUT2D eigenvalue weighted by Crippen LogP contribution is 2.29. The average Bonchev–Trinajstić information content (AvgIpc) is 2.08. The molecule has 1 fully saturated rings. The number of halogens is 1. The van der Waals surface area contributed by atoms with E-state index in [1.165, 1.54) is 4.90 Å². The zero-order valence-corrected chi connectivity index (χ0v) is 9.87. The highest BCUT2D eigenvalue weighted by molar-refractivity contribution is 9.09. The zero-order valence-electron chi connectivity index (χ0n) is 8.28. The van der Waals surface area contributed by atoms with E-state index in [1.54, 1.807) is 7.05 Å². The average molecular weight is 266 g/mol. The molecule has 1 amide bonds. The molecule has 1 aliphatic rings. The summed E-state index contributed by atoms with van der Waals surface area (Å²) >= 11 is 3.49. The molecule has 0 aliphatic heterocycles. The second-order valence-electron chi connectivity index (χ2n) is 3.62. The van der Waals surface area contributed by atoms with Crippen molar-refractivity contribution in [2.24, 2.45) is 0 Å². The fourth-order valence-corrected chi connectivity index (χ4v) is 2.12. The Morgan fingerprint density at radius 2 is 2.29 bits per heavy atom. The van der Waals surface area contributed by atoms with E-state index in [4.69, 9.17) is 9.84 Å². The molecule has 0 saturated heterocycles. The topological polar surface area (TPSA) is 49.8 Å². The molecule has 82 valence electrons. The third kappa shape index (κ3) is 3.84. The van der Waals surface area contributed by atoms with Gasteiger partial charge in [0.15, 0.2) is 0 Å². The summed E-state index contributed by atoms with van der Waals surface area (Å²) in [5.74, 6) is 0. The van der Waals surface area contributed by atoms with Crippen molar-refractivity contribution < 1.29 is 14.6 Å². The molecule has 0 spiro atoms. The van der Waals surface area contributed by atoms with E-state index >= 15 is 0 Å². The van der Waals surface area contributed by atoms with Crippen molar-refractivity contribution in [2.45, 2.75) is 30.2 Å². The maximum absolute atomic E-state index is 10.4. The summed E-state index contributed by atoms with van der Waals surface area (Å²) in [4.78, 5) is 12.3. The first-order valence-corrected chi connectivity index (χ1v) is 5.71. The first-order valence-electron chi connectivity index (χ1n) is 4.79. The first kappa shape index (κ1) is 11.8. The monoisotopic (exact) mass is 265 g/mol. The summed E-state index contributed by atoms with van der Waals surface area (Å²) in [6.45, 7) is 1.20. The summed E-state index contributed by atoms with van der Waals surface area (Å²) in [5, 5.41) is 8.56. The predicted molar refractivity (Wildman–Crippen MR) is 57.0 cm³/mol. The Morgan fingerprint density at radius 1 is 1.64 bits per heavy atom. The van der Waals surface area contributed by atoms with Crippen molar-refractivity contribution in [1.82, 2.24) is 4.90 Å². The number of rotatable bonds is 5. The van der Waals surface area contributed by atoms with Crippen molar-refractivity contribution >= 4 is 22.0 Å². The summed E-state index contributed by atoms with van der Waals surface area (Å²) in [5.41, 5.74) is 0. The van der Waals surface area contributed by atoms with Gasteiger partial charge >= 0.3 is 6.09 Å². The number of carbonyl (C=O) groups is 1. The third-order valence-corrected chi connectivity index (χ3v) is 3.10. The van der Waals surface area contributed by atoms with E-state index in [0.717, 1.165) is 19.3 Å². The summed E-state index contributed by atoms with van der Waals surface area (Å²) in [6, 6.07) is 0. The number of amides is 1. The fraction of sp³-hybridized carbons (Fsp3) is 0.889. The molecule has 14 heavy (non-hydrogen) atoms. The van der Waals surface area contributed by atoms with Crippen LogP contribution in [0.3, 0.4) is 0 Å². The molecular weight excluding hydrogens is 250 g/mol. The van der Waals surface area contributed by atoms with Crippen molar-refractivity contribution in [3.05, 3.63) is 0 Å². The van der Waals surface area contributed by atoms with Crippen LogP contribution in [0.15, 0.2) is 0 Å². The molecule has 0 aromatic rings. The Hall–Kier alpha value is -0.290. The zero-order chi connectivity index (χ0) is 10.6. The lowest BCUT2D eigenvalue weighted by Gasteiger charge is -2.31. The minimum absolute atomic E-state index is 0.384. The Morgan fingerprint density at radius 3 is 2.79 bits per heavy atom. The minimum atomic E-state index is -0.880. The standard InChI is InChI=1S/C9H16BrNO3/c1-11(9(12)13)3-2-4-14-8-5-7(10)6-8/h7-8H,2-6H2,1H3,(H,12,13). The fourth-order valence-electron chi connectivity index (χ4n) is 1.28. The van der Waals surface area contributed by atoms with Gasteiger partial charge in [0.1, 0.15) is 0 Å². The van der Waals surface area contributed by atoms with Crippen molar-refractivity contribution in [1.29, 1.82) is 0 Å². The highest BCUT2D eigenvalue weighted by Gasteiger charge is 2.27. The van der Waals surface area contributed by atoms with Crippen LogP contribution in [0, 0.1) is 0 Å². The molecule has 5 heteroatoms. The number of ether oxygens (including phenoxy) is 1. The molecule has 1 N–H and O–H groups in total. The van der Waals surface area contributed by atoms with E-state index < -0.39 is 6.09 Å². The van der Waals surface area contributed by atoms with Gasteiger partial charge in [-0.15, -0.1) is 0 Å². The van der Waals surface area contributed by atoms with Crippen molar-refractivity contribution in [2.75, 3.05) is 20.2 Å². The Kier molecular flexibility index (Phi) is 4.68. The minimum Gasteiger partial charge on any atom is -0.465 e. The molecule has 4 nitrogen and oxygen atoms in total. The summed E-state index contributed by atoms with van der Waals surface area (Å²) in [6.07, 6.45) is 2.43. The van der Waals surface area contributed by atoms with Gasteiger partial charge in [0.25, 0.3) is 0 Å². The first-order chi connectivity index (χ1) is 6.59. The molecular formula is C9H16BrNO3. The third-order valence-electron chi connectivity index (χ3n) is 2.36. The Labute approximate surface area is 92.3 Å². The SMILES string of the molecule is CN(CCCOC1CC(Br)C1)C(=O)O. The molecule has 1 aliphatic carbocycles. The van der Waals surface area contributed by atoms with Crippen LogP contribution < -0.4 is 0 Å². The van der Waals surface area contributed by atoms with Crippen LogP contribution in [0.5, 0.6) is 0 Å². The van der Waals surface area contributed by atoms with Crippen LogP contribution in [0.1, 0.15) is 19.3 Å². The number of hydrogen-bond acceptors (Lipinski definition) is 2. The van der Waals surface area contributed by atoms with Gasteiger partial charge < -0.3 is 14.7 Å². The molecule has 0 aromatic carbocycles. The number of carboxylic acid groups (broad SMARTS) is 1. The molecule has 1 rings (SSSR count). The van der Waals surface area contributed by atoms with Gasteiger partial charge in [0, 0.05) is 25.0 Å². The molecule has 0 unspecified atom stereocenters. The van der Waals surface area contributed by atoms with Gasteiger partial charge in [-0.2, -0.15) is 0 Å². The smallest absolute Gasteiger partial charge is 0.407 e. The number of nitrogens with zero attached hydrogens (tertiary/aromatic N) is 1. The van der Waals surface area contributed by atoms with Crippen LogP contribution in [-0.4, -0.2) is 47.2 Å². The van der Waals surface area contributed by atoms with Crippen molar-refractivity contribution in [3.63, 3.8) is 0 Å². The normalized spacial score (nSPS) is 25.6. The molecule has 0 bridgehead atoms. The van der Waals surface area contributed by atoms with Gasteiger partial charge in [-0.05, 0) is 19.3 Å². The van der Waals surface area contributed by atoms with E-state index in [1.807, 2.05) is 0 Å². The summed E-state index contributed by atoms with van der Waals surface area (Å²) in [7, 11) is 1.57. The van der Waals surface area contributed by atoms with Crippen LogP contribution >= 0.6 is 15.9 Å². The molecule has 0 heterocycles. The Bertz CT molecular complexity index is 194. The van der Waals surface area contributed by atoms with Gasteiger partial charge in [0.2, 0.25) is 0 Å². The van der Waals surface area contributed by atoms with Gasteiger partial charge in [-0.1, -0.05) is 15.9 Å². The van der Waals surface area contributed by atoms with E-state index in [9.17, 15) is 4.79 Å². The van der Waals surface area contributed by atoms with Gasteiger partial charge in [-0.3, -0.25) is 0 Å². The Balaban J connectivity index is 1.92. The maximum Gasteiger partial charge on any atom is 0.407 e. The van der Waals surface area contributed by atoms with Crippen molar-refractivity contribution in [3.8, 4) is 0 Å². The quantitative estimate of drug-likeness (QED) is 0.611. The largest absolute Gasteiger partial charge is 0.465 e. The molecule has 0 atom stereocenters. The van der Waals surface area contributed by atoms with Crippen LogP contribution in [0.2, 0.25) is 0 Å². The van der Waals surface area contributed by atoms with E-state index in [-0.39, 0.29) is 0 Å². The molecule has 1 saturated carbocycles. The predicted octanol–water partition coefficient (Wildman–Crippen LogP) is 1.93. The van der Waals surface area contributed by atoms with Gasteiger partial charge in [0.05, 0.1) is 6.10 Å². The lowest BCUT2D eigenvalue weighted by Crippen LogP contribution is -2.32. The lowest BCUT2D eigenvalue weighted by atomic mass is 9.96. The van der Waals surface area contributed by atoms with E-state index in [2.05, 4.69) is 15.9 Å². The second kappa shape index (κ2) is 5.56. The number of hydrogen-bond donors (Lipinski definition) is 1. The second-order valence-corrected chi connectivity index (χ2v) is 4.91. The van der Waals surface area contributed by atoms with Crippen LogP contribution in [-0.2, 0) is 4.74 Å². The molecule has 0 radical (unpaired) electrons.